The number of hydrogen-bond donors (Lipinski definition) is 2. The van der Waals surface area contributed by atoms with E-state index in [0.29, 0.717) is 12.1 Å². The molecule has 0 radical (unpaired) electrons. The molecular formula is C17H14F7NO3S. The Morgan fingerprint density at radius 2 is 1.41 bits per heavy atom. The summed E-state index contributed by atoms with van der Waals surface area (Å²) >= 11 is 0. The summed E-state index contributed by atoms with van der Waals surface area (Å²) in [5.74, 6) is -1.51. The SMILES string of the molecule is NCc1cc(S(=O)(=O)Cc2ccc(C(O)(C(F)(F)F)C(F)(F)F)cc2)ccc1F. The maximum absolute atomic E-state index is 13.5. The molecule has 12 heteroatoms. The summed E-state index contributed by atoms with van der Waals surface area (Å²) in [6.45, 7) is -0.280. The third-order valence-electron chi connectivity index (χ3n) is 4.15. The molecule has 4 nitrogen and oxygen atoms in total. The summed E-state index contributed by atoms with van der Waals surface area (Å²) in [6.07, 6.45) is -12.1. The number of hydrogen-bond acceptors (Lipinski definition) is 4. The quantitative estimate of drug-likeness (QED) is 0.545. The third kappa shape index (κ3) is 4.38. The number of nitrogens with two attached hydrogens (primary N) is 1. The van der Waals surface area contributed by atoms with Crippen LogP contribution in [0.3, 0.4) is 0 Å². The molecule has 0 aliphatic heterocycles. The van der Waals surface area contributed by atoms with Gasteiger partial charge in [-0.15, -0.1) is 0 Å². The van der Waals surface area contributed by atoms with Gasteiger partial charge >= 0.3 is 12.4 Å². The first kappa shape index (κ1) is 23.1. The van der Waals surface area contributed by atoms with E-state index in [9.17, 15) is 44.3 Å². The topological polar surface area (TPSA) is 80.4 Å². The van der Waals surface area contributed by atoms with Crippen LogP contribution in [0.15, 0.2) is 47.4 Å². The Kier molecular flexibility index (Phi) is 6.04. The van der Waals surface area contributed by atoms with Crippen molar-refractivity contribution in [3.8, 4) is 0 Å². The van der Waals surface area contributed by atoms with Gasteiger partial charge in [-0.2, -0.15) is 26.3 Å². The van der Waals surface area contributed by atoms with E-state index in [1.54, 1.807) is 0 Å². The maximum atomic E-state index is 13.5. The second-order valence-electron chi connectivity index (χ2n) is 6.12. The van der Waals surface area contributed by atoms with Gasteiger partial charge in [0.15, 0.2) is 9.84 Å². The molecule has 0 saturated heterocycles. The van der Waals surface area contributed by atoms with Crippen LogP contribution in [0.1, 0.15) is 16.7 Å². The number of aliphatic hydroxyl groups is 1. The zero-order valence-corrected chi connectivity index (χ0v) is 15.2. The van der Waals surface area contributed by atoms with Crippen LogP contribution in [0.5, 0.6) is 0 Å². The van der Waals surface area contributed by atoms with Gasteiger partial charge in [0.2, 0.25) is 0 Å². The molecule has 0 heterocycles. The van der Waals surface area contributed by atoms with Crippen LogP contribution < -0.4 is 5.73 Å². The second kappa shape index (κ2) is 7.58. The van der Waals surface area contributed by atoms with Crippen molar-refractivity contribution in [3.63, 3.8) is 0 Å². The minimum absolute atomic E-state index is 0.0816. The van der Waals surface area contributed by atoms with Gasteiger partial charge in [0.1, 0.15) is 5.82 Å². The van der Waals surface area contributed by atoms with Crippen LogP contribution in [0.4, 0.5) is 30.7 Å². The average molecular weight is 445 g/mol. The van der Waals surface area contributed by atoms with Crippen LogP contribution >= 0.6 is 0 Å². The van der Waals surface area contributed by atoms with Gasteiger partial charge < -0.3 is 10.8 Å². The smallest absolute Gasteiger partial charge is 0.369 e. The molecule has 0 fully saturated rings. The van der Waals surface area contributed by atoms with E-state index >= 15 is 0 Å². The van der Waals surface area contributed by atoms with Gasteiger partial charge in [0.05, 0.1) is 10.6 Å². The number of benzene rings is 2. The summed E-state index contributed by atoms with van der Waals surface area (Å²) in [4.78, 5) is -0.314. The molecule has 160 valence electrons. The molecule has 0 aromatic heterocycles. The molecule has 2 rings (SSSR count). The molecule has 0 saturated carbocycles. The predicted octanol–water partition coefficient (Wildman–Crippen LogP) is 3.57. The third-order valence-corrected chi connectivity index (χ3v) is 5.83. The van der Waals surface area contributed by atoms with Crippen LogP contribution in [0, 0.1) is 5.82 Å². The first-order valence-electron chi connectivity index (χ1n) is 7.80. The lowest BCUT2D eigenvalue weighted by Crippen LogP contribution is -2.53. The van der Waals surface area contributed by atoms with E-state index in [2.05, 4.69) is 0 Å². The lowest BCUT2D eigenvalue weighted by Gasteiger charge is -2.32. The number of rotatable bonds is 5. The van der Waals surface area contributed by atoms with Crippen molar-refractivity contribution < 1.29 is 44.3 Å². The van der Waals surface area contributed by atoms with E-state index in [1.807, 2.05) is 0 Å². The van der Waals surface area contributed by atoms with Crippen LogP contribution in [-0.4, -0.2) is 25.9 Å². The summed E-state index contributed by atoms with van der Waals surface area (Å²) in [5.41, 5.74) is -1.54. The molecular weight excluding hydrogens is 431 g/mol. The Labute approximate surface area is 160 Å². The maximum Gasteiger partial charge on any atom is 0.430 e. The second-order valence-corrected chi connectivity index (χ2v) is 8.11. The van der Waals surface area contributed by atoms with E-state index in [1.165, 1.54) is 0 Å². The molecule has 0 spiro atoms. The van der Waals surface area contributed by atoms with E-state index in [4.69, 9.17) is 5.73 Å². The van der Waals surface area contributed by atoms with Crippen molar-refractivity contribution >= 4 is 9.84 Å². The Balaban J connectivity index is 2.38. The van der Waals surface area contributed by atoms with Crippen molar-refractivity contribution in [1.29, 1.82) is 0 Å². The number of sulfone groups is 1. The zero-order chi connectivity index (χ0) is 22.3. The standard InChI is InChI=1S/C17H14F7NO3S/c18-14-6-5-13(7-11(14)8-25)29(27,28)9-10-1-3-12(4-2-10)15(26,16(19,20)21)17(22,23)24/h1-7,26H,8-9,25H2. The van der Waals surface area contributed by atoms with Crippen LogP contribution in [0.2, 0.25) is 0 Å². The Morgan fingerprint density at radius 1 is 0.897 bits per heavy atom. The Bertz CT molecular complexity index is 970. The fourth-order valence-electron chi connectivity index (χ4n) is 2.53. The van der Waals surface area contributed by atoms with Crippen molar-refractivity contribution in [1.82, 2.24) is 0 Å². The van der Waals surface area contributed by atoms with Gasteiger partial charge in [-0.1, -0.05) is 24.3 Å². The summed E-state index contributed by atoms with van der Waals surface area (Å²) in [6, 6.07) is 4.98. The molecule has 29 heavy (non-hydrogen) atoms. The predicted molar refractivity (Wildman–Crippen MR) is 87.6 cm³/mol. The monoisotopic (exact) mass is 445 g/mol. The highest BCUT2D eigenvalue weighted by molar-refractivity contribution is 7.90. The number of halogens is 7. The van der Waals surface area contributed by atoms with E-state index in [-0.39, 0.29) is 22.6 Å². The molecule has 3 N–H and O–H groups in total. The van der Waals surface area contributed by atoms with Crippen molar-refractivity contribution in [3.05, 3.63) is 65.0 Å². The Morgan fingerprint density at radius 3 is 1.86 bits per heavy atom. The lowest BCUT2D eigenvalue weighted by molar-refractivity contribution is -0.376. The van der Waals surface area contributed by atoms with E-state index < -0.39 is 44.9 Å². The van der Waals surface area contributed by atoms with E-state index in [0.717, 1.165) is 30.3 Å². The molecule has 0 atom stereocenters. The van der Waals surface area contributed by atoms with Crippen molar-refractivity contribution in [2.75, 3.05) is 0 Å². The molecule has 0 bridgehead atoms. The zero-order valence-electron chi connectivity index (χ0n) is 14.4. The molecule has 0 unspecified atom stereocenters. The average Bonchev–Trinajstić information content (AvgIpc) is 2.59. The highest BCUT2D eigenvalue weighted by atomic mass is 32.2. The highest BCUT2D eigenvalue weighted by Gasteiger charge is 2.71. The first-order chi connectivity index (χ1) is 13.1. The minimum atomic E-state index is -6.05. The van der Waals surface area contributed by atoms with Crippen molar-refractivity contribution in [2.24, 2.45) is 5.73 Å². The van der Waals surface area contributed by atoms with Gasteiger partial charge in [0, 0.05) is 17.7 Å². The summed E-state index contributed by atoms with van der Waals surface area (Å²) in [5, 5.41) is 9.33. The Hall–Kier alpha value is -2.18. The van der Waals surface area contributed by atoms with Gasteiger partial charge in [-0.25, -0.2) is 12.8 Å². The summed E-state index contributed by atoms with van der Waals surface area (Å²) in [7, 11) is -4.10. The van der Waals surface area contributed by atoms with Gasteiger partial charge in [0.25, 0.3) is 5.60 Å². The summed E-state index contributed by atoms with van der Waals surface area (Å²) < 4.78 is 116. The largest absolute Gasteiger partial charge is 0.430 e. The van der Waals surface area contributed by atoms with Gasteiger partial charge in [-0.05, 0) is 23.8 Å². The first-order valence-corrected chi connectivity index (χ1v) is 9.45. The number of alkyl halides is 6. The minimum Gasteiger partial charge on any atom is -0.369 e. The van der Waals surface area contributed by atoms with Gasteiger partial charge in [-0.3, -0.25) is 0 Å². The lowest BCUT2D eigenvalue weighted by atomic mass is 9.92. The normalized spacial score (nSPS) is 13.6. The highest BCUT2D eigenvalue weighted by Crippen LogP contribution is 2.49. The molecule has 0 amide bonds. The fourth-order valence-corrected chi connectivity index (χ4v) is 3.93. The fraction of sp³-hybridized carbons (Fsp3) is 0.294. The molecule has 0 aliphatic carbocycles. The molecule has 2 aromatic carbocycles. The van der Waals surface area contributed by atoms with Crippen molar-refractivity contribution in [2.45, 2.75) is 35.1 Å². The van der Waals surface area contributed by atoms with Crippen LogP contribution in [0.25, 0.3) is 0 Å². The van der Waals surface area contributed by atoms with Crippen LogP contribution in [-0.2, 0) is 27.7 Å². The molecule has 0 aliphatic rings. The molecule has 2 aromatic rings.